The van der Waals surface area contributed by atoms with Crippen molar-refractivity contribution >= 4 is 11.3 Å². The predicted molar refractivity (Wildman–Crippen MR) is 90.5 cm³/mol. The van der Waals surface area contributed by atoms with Gasteiger partial charge in [-0.1, -0.05) is 57.8 Å². The van der Waals surface area contributed by atoms with Crippen LogP contribution in [-0.4, -0.2) is 6.04 Å². The zero-order chi connectivity index (χ0) is 14.0. The second-order valence-corrected chi connectivity index (χ2v) is 7.16. The Balaban J connectivity index is 1.75. The minimum Gasteiger partial charge on any atom is -0.310 e. The molecule has 0 spiro atoms. The molecule has 0 aliphatic heterocycles. The number of aryl methyl sites for hydroxylation is 1. The largest absolute Gasteiger partial charge is 0.310 e. The maximum atomic E-state index is 3.82. The normalized spacial score (nSPS) is 20.2. The lowest BCUT2D eigenvalue weighted by atomic mass is 9.98. The third-order valence-electron chi connectivity index (χ3n) is 4.65. The summed E-state index contributed by atoms with van der Waals surface area (Å²) in [6, 6.07) is 0.744. The first-order valence-corrected chi connectivity index (χ1v) is 9.55. The Morgan fingerprint density at radius 1 is 0.900 bits per heavy atom. The first-order chi connectivity index (χ1) is 9.86. The minimum atomic E-state index is 0.744. The Morgan fingerprint density at radius 3 is 1.95 bits per heavy atom. The van der Waals surface area contributed by atoms with Crippen LogP contribution in [0.25, 0.3) is 0 Å². The molecule has 20 heavy (non-hydrogen) atoms. The molecule has 0 bridgehead atoms. The average Bonchev–Trinajstić information content (AvgIpc) is 2.84. The molecule has 0 unspecified atom stereocenters. The fourth-order valence-corrected chi connectivity index (χ4v) is 4.05. The highest BCUT2D eigenvalue weighted by atomic mass is 32.1. The van der Waals surface area contributed by atoms with Crippen LogP contribution < -0.4 is 5.32 Å². The van der Waals surface area contributed by atoms with Crippen LogP contribution in [-0.2, 0) is 6.54 Å². The first kappa shape index (κ1) is 16.0. The lowest BCUT2D eigenvalue weighted by Crippen LogP contribution is -2.28. The Hall–Kier alpha value is -0.340. The third-order valence-corrected chi connectivity index (χ3v) is 5.56. The van der Waals surface area contributed by atoms with Crippen LogP contribution in [0, 0.1) is 6.92 Å². The van der Waals surface area contributed by atoms with E-state index in [1.54, 1.807) is 0 Å². The molecule has 114 valence electrons. The maximum absolute atomic E-state index is 3.82. The number of hydrogen-bond donors (Lipinski definition) is 1. The molecule has 1 aromatic rings. The van der Waals surface area contributed by atoms with E-state index in [4.69, 9.17) is 0 Å². The summed E-state index contributed by atoms with van der Waals surface area (Å²) in [7, 11) is 0. The van der Waals surface area contributed by atoms with Crippen molar-refractivity contribution in [3.05, 3.63) is 21.9 Å². The molecule has 0 atom stereocenters. The van der Waals surface area contributed by atoms with Gasteiger partial charge < -0.3 is 5.32 Å². The van der Waals surface area contributed by atoms with Crippen LogP contribution in [0.1, 0.15) is 81.8 Å². The van der Waals surface area contributed by atoms with Crippen molar-refractivity contribution in [2.24, 2.45) is 0 Å². The lowest BCUT2D eigenvalue weighted by molar-refractivity contribution is 0.403. The van der Waals surface area contributed by atoms with Gasteiger partial charge in [-0.3, -0.25) is 0 Å². The van der Waals surface area contributed by atoms with Crippen molar-refractivity contribution in [3.8, 4) is 0 Å². The highest BCUT2D eigenvalue weighted by molar-refractivity contribution is 7.08. The van der Waals surface area contributed by atoms with Gasteiger partial charge in [0.15, 0.2) is 0 Å². The van der Waals surface area contributed by atoms with E-state index in [0.717, 1.165) is 12.6 Å². The van der Waals surface area contributed by atoms with Crippen molar-refractivity contribution < 1.29 is 0 Å². The van der Waals surface area contributed by atoms with Gasteiger partial charge >= 0.3 is 0 Å². The second kappa shape index (κ2) is 9.57. The summed E-state index contributed by atoms with van der Waals surface area (Å²) in [6.45, 7) is 3.30. The summed E-state index contributed by atoms with van der Waals surface area (Å²) < 4.78 is 0. The number of nitrogens with one attached hydrogen (secondary N) is 1. The summed E-state index contributed by atoms with van der Waals surface area (Å²) in [5, 5.41) is 8.39. The van der Waals surface area contributed by atoms with Crippen molar-refractivity contribution in [2.75, 3.05) is 0 Å². The van der Waals surface area contributed by atoms with Gasteiger partial charge in [-0.25, -0.2) is 0 Å². The minimum absolute atomic E-state index is 0.744. The fourth-order valence-electron chi connectivity index (χ4n) is 3.19. The van der Waals surface area contributed by atoms with Crippen molar-refractivity contribution in [3.63, 3.8) is 0 Å². The molecule has 1 nitrogen and oxygen atoms in total. The molecule has 1 N–H and O–H groups in total. The van der Waals surface area contributed by atoms with E-state index < -0.39 is 0 Å². The van der Waals surface area contributed by atoms with Crippen LogP contribution in [0.15, 0.2) is 10.8 Å². The van der Waals surface area contributed by atoms with Gasteiger partial charge in [0.1, 0.15) is 0 Å². The molecule has 2 rings (SSSR count). The molecule has 0 saturated heterocycles. The van der Waals surface area contributed by atoms with Crippen LogP contribution in [0.4, 0.5) is 0 Å². The molecule has 1 heterocycles. The molecule has 1 saturated carbocycles. The van der Waals surface area contributed by atoms with Crippen molar-refractivity contribution in [1.82, 2.24) is 5.32 Å². The zero-order valence-electron chi connectivity index (χ0n) is 13.1. The van der Waals surface area contributed by atoms with E-state index in [9.17, 15) is 0 Å². The molecular weight excluding hydrogens is 262 g/mol. The van der Waals surface area contributed by atoms with E-state index in [2.05, 4.69) is 23.0 Å². The molecule has 1 aromatic heterocycles. The van der Waals surface area contributed by atoms with E-state index in [1.807, 2.05) is 11.3 Å². The Kier molecular flexibility index (Phi) is 7.67. The first-order valence-electron chi connectivity index (χ1n) is 8.61. The number of hydrogen-bond acceptors (Lipinski definition) is 2. The van der Waals surface area contributed by atoms with Gasteiger partial charge in [0, 0.05) is 12.6 Å². The van der Waals surface area contributed by atoms with Crippen LogP contribution >= 0.6 is 11.3 Å². The Morgan fingerprint density at radius 2 is 1.45 bits per heavy atom. The molecule has 1 aliphatic rings. The zero-order valence-corrected chi connectivity index (χ0v) is 13.9. The summed E-state index contributed by atoms with van der Waals surface area (Å²) in [5.74, 6) is 0. The molecule has 2 heteroatoms. The summed E-state index contributed by atoms with van der Waals surface area (Å²) >= 11 is 1.83. The third kappa shape index (κ3) is 5.97. The van der Waals surface area contributed by atoms with Gasteiger partial charge in [0.05, 0.1) is 0 Å². The van der Waals surface area contributed by atoms with Gasteiger partial charge in [0.2, 0.25) is 0 Å². The topological polar surface area (TPSA) is 12.0 Å². The molecule has 1 aliphatic carbocycles. The Bertz CT molecular complexity index is 346. The highest BCUT2D eigenvalue weighted by Gasteiger charge is 2.10. The Labute approximate surface area is 129 Å². The fraction of sp³-hybridized carbons (Fsp3) is 0.778. The maximum Gasteiger partial charge on any atom is 0.0218 e. The smallest absolute Gasteiger partial charge is 0.0218 e. The van der Waals surface area contributed by atoms with Gasteiger partial charge in [0.25, 0.3) is 0 Å². The standard InChI is InChI=1S/C18H31NS/c1-16-14-20-15-17(16)13-19-18-11-9-7-5-3-2-4-6-8-10-12-18/h14-15,18-19H,2-13H2,1H3. The van der Waals surface area contributed by atoms with Gasteiger partial charge in [-0.2, -0.15) is 11.3 Å². The van der Waals surface area contributed by atoms with E-state index in [1.165, 1.54) is 81.8 Å². The van der Waals surface area contributed by atoms with Crippen molar-refractivity contribution in [1.29, 1.82) is 0 Å². The quantitative estimate of drug-likeness (QED) is 0.740. The summed E-state index contributed by atoms with van der Waals surface area (Å²) in [4.78, 5) is 0. The van der Waals surface area contributed by atoms with Crippen LogP contribution in [0.3, 0.4) is 0 Å². The average molecular weight is 294 g/mol. The van der Waals surface area contributed by atoms with Crippen molar-refractivity contribution in [2.45, 2.75) is 90.1 Å². The molecular formula is C18H31NS. The molecule has 0 amide bonds. The molecule has 0 radical (unpaired) electrons. The molecule has 1 fully saturated rings. The molecule has 0 aromatic carbocycles. The number of thiophene rings is 1. The second-order valence-electron chi connectivity index (χ2n) is 6.42. The van der Waals surface area contributed by atoms with E-state index in [-0.39, 0.29) is 0 Å². The van der Waals surface area contributed by atoms with Gasteiger partial charge in [-0.15, -0.1) is 0 Å². The van der Waals surface area contributed by atoms with Crippen LogP contribution in [0.5, 0.6) is 0 Å². The van der Waals surface area contributed by atoms with E-state index in [0.29, 0.717) is 0 Å². The highest BCUT2D eigenvalue weighted by Crippen LogP contribution is 2.18. The summed E-state index contributed by atoms with van der Waals surface area (Å²) in [6.07, 6.45) is 15.8. The lowest BCUT2D eigenvalue weighted by Gasteiger charge is -2.19. The van der Waals surface area contributed by atoms with E-state index >= 15 is 0 Å². The van der Waals surface area contributed by atoms with Gasteiger partial charge in [-0.05, 0) is 41.7 Å². The monoisotopic (exact) mass is 293 g/mol. The number of rotatable bonds is 3. The van der Waals surface area contributed by atoms with Crippen LogP contribution in [0.2, 0.25) is 0 Å². The summed E-state index contributed by atoms with van der Waals surface area (Å²) in [5.41, 5.74) is 2.96. The predicted octanol–water partition coefficient (Wildman–Crippen LogP) is 5.82. The SMILES string of the molecule is Cc1cscc1CNC1CCCCCCCCCCC1.